The number of thiocarbonyl (C=S) groups is 1. The van der Waals surface area contributed by atoms with E-state index in [-0.39, 0.29) is 12.0 Å². The summed E-state index contributed by atoms with van der Waals surface area (Å²) in [6, 6.07) is 7.04. The second-order valence-corrected chi connectivity index (χ2v) is 6.44. The van der Waals surface area contributed by atoms with Gasteiger partial charge in [-0.2, -0.15) is 0 Å². The molecule has 1 heterocycles. The number of benzene rings is 1. The molecule has 1 aromatic rings. The van der Waals surface area contributed by atoms with Crippen LogP contribution in [0.5, 0.6) is 5.75 Å². The monoisotopic (exact) mass is 336 g/mol. The van der Waals surface area contributed by atoms with Gasteiger partial charge in [0, 0.05) is 18.7 Å². The molecular formula is C17H24N2O3S. The van der Waals surface area contributed by atoms with Gasteiger partial charge in [0.25, 0.3) is 5.91 Å². The van der Waals surface area contributed by atoms with Crippen molar-refractivity contribution in [3.05, 3.63) is 29.8 Å². The van der Waals surface area contributed by atoms with Gasteiger partial charge in [-0.1, -0.05) is 13.8 Å². The van der Waals surface area contributed by atoms with Gasteiger partial charge in [-0.05, 0) is 55.2 Å². The third-order valence-corrected chi connectivity index (χ3v) is 3.69. The summed E-state index contributed by atoms with van der Waals surface area (Å²) in [4.78, 5) is 12.1. The summed E-state index contributed by atoms with van der Waals surface area (Å²) in [5.41, 5.74) is 0.545. The highest BCUT2D eigenvalue weighted by molar-refractivity contribution is 7.80. The summed E-state index contributed by atoms with van der Waals surface area (Å²) in [5, 5.41) is 6.02. The zero-order chi connectivity index (χ0) is 16.7. The molecule has 1 atom stereocenters. The maximum absolute atomic E-state index is 12.1. The summed E-state index contributed by atoms with van der Waals surface area (Å²) in [6.07, 6.45) is 2.29. The van der Waals surface area contributed by atoms with Crippen LogP contribution in [-0.2, 0) is 4.74 Å². The van der Waals surface area contributed by atoms with Gasteiger partial charge in [-0.3, -0.25) is 10.1 Å². The third-order valence-electron chi connectivity index (χ3n) is 3.44. The van der Waals surface area contributed by atoms with Gasteiger partial charge < -0.3 is 14.8 Å². The summed E-state index contributed by atoms with van der Waals surface area (Å²) in [6.45, 7) is 6.26. The topological polar surface area (TPSA) is 59.6 Å². The van der Waals surface area contributed by atoms with E-state index in [9.17, 15) is 4.79 Å². The Labute approximate surface area is 142 Å². The number of ether oxygens (including phenoxy) is 2. The predicted molar refractivity (Wildman–Crippen MR) is 93.8 cm³/mol. The van der Waals surface area contributed by atoms with E-state index in [1.54, 1.807) is 24.3 Å². The van der Waals surface area contributed by atoms with Crippen molar-refractivity contribution < 1.29 is 14.3 Å². The Hall–Kier alpha value is -1.66. The van der Waals surface area contributed by atoms with Crippen molar-refractivity contribution in [2.24, 2.45) is 5.92 Å². The molecule has 0 unspecified atom stereocenters. The summed E-state index contributed by atoms with van der Waals surface area (Å²) in [7, 11) is 0. The molecule has 0 bridgehead atoms. The number of hydrogen-bond acceptors (Lipinski definition) is 4. The Morgan fingerprint density at radius 3 is 2.74 bits per heavy atom. The van der Waals surface area contributed by atoms with Crippen molar-refractivity contribution in [3.63, 3.8) is 0 Å². The molecule has 1 fully saturated rings. The highest BCUT2D eigenvalue weighted by Gasteiger charge is 2.16. The van der Waals surface area contributed by atoms with Gasteiger partial charge in [0.1, 0.15) is 5.75 Å². The molecule has 2 rings (SSSR count). The standard InChI is InChI=1S/C17H24N2O3S/c1-12(2)11-22-14-7-5-13(6-8-14)16(20)19-17(23)18-10-15-4-3-9-21-15/h5-8,12,15H,3-4,9-11H2,1-2H3,(H2,18,19,20,23)/t15-/m0/s1. The quantitative estimate of drug-likeness (QED) is 0.782. The minimum Gasteiger partial charge on any atom is -0.493 e. The first-order chi connectivity index (χ1) is 11.0. The van der Waals surface area contributed by atoms with Crippen molar-refractivity contribution in [2.45, 2.75) is 32.8 Å². The minimum atomic E-state index is -0.231. The first-order valence-corrected chi connectivity index (χ1v) is 8.39. The van der Waals surface area contributed by atoms with Gasteiger partial charge in [0.2, 0.25) is 0 Å². The van der Waals surface area contributed by atoms with E-state index in [1.165, 1.54) is 0 Å². The van der Waals surface area contributed by atoms with E-state index in [0.717, 1.165) is 25.2 Å². The van der Waals surface area contributed by atoms with Crippen molar-refractivity contribution in [3.8, 4) is 5.75 Å². The van der Waals surface area contributed by atoms with E-state index >= 15 is 0 Å². The Kier molecular flexibility index (Phi) is 6.80. The smallest absolute Gasteiger partial charge is 0.257 e. The van der Waals surface area contributed by atoms with Crippen molar-refractivity contribution in [1.29, 1.82) is 0 Å². The van der Waals surface area contributed by atoms with Crippen molar-refractivity contribution >= 4 is 23.2 Å². The molecule has 0 spiro atoms. The second kappa shape index (κ2) is 8.84. The van der Waals surface area contributed by atoms with Crippen LogP contribution in [0.3, 0.4) is 0 Å². The normalized spacial score (nSPS) is 17.1. The van der Waals surface area contributed by atoms with Crippen LogP contribution in [0.25, 0.3) is 0 Å². The van der Waals surface area contributed by atoms with Crippen molar-refractivity contribution in [2.75, 3.05) is 19.8 Å². The molecule has 0 aromatic heterocycles. The number of amides is 1. The highest BCUT2D eigenvalue weighted by atomic mass is 32.1. The van der Waals surface area contributed by atoms with E-state index in [4.69, 9.17) is 21.7 Å². The fourth-order valence-electron chi connectivity index (χ4n) is 2.20. The molecular weight excluding hydrogens is 312 g/mol. The highest BCUT2D eigenvalue weighted by Crippen LogP contribution is 2.13. The molecule has 126 valence electrons. The third kappa shape index (κ3) is 6.15. The molecule has 2 N–H and O–H groups in total. The van der Waals surface area contributed by atoms with Crippen LogP contribution in [0.1, 0.15) is 37.0 Å². The van der Waals surface area contributed by atoms with Gasteiger partial charge in [-0.25, -0.2) is 0 Å². The molecule has 0 radical (unpaired) electrons. The maximum Gasteiger partial charge on any atom is 0.257 e. The molecule has 1 aliphatic rings. The van der Waals surface area contributed by atoms with Crippen LogP contribution >= 0.6 is 12.2 Å². The number of nitrogens with one attached hydrogen (secondary N) is 2. The average molecular weight is 336 g/mol. The molecule has 1 aromatic carbocycles. The molecule has 0 aliphatic carbocycles. The van der Waals surface area contributed by atoms with Crippen molar-refractivity contribution in [1.82, 2.24) is 10.6 Å². The van der Waals surface area contributed by atoms with E-state index < -0.39 is 0 Å². The molecule has 0 saturated carbocycles. The average Bonchev–Trinajstić information content (AvgIpc) is 3.05. The Bertz CT molecular complexity index is 525. The van der Waals surface area contributed by atoms with Crippen LogP contribution in [-0.4, -0.2) is 36.9 Å². The van der Waals surface area contributed by atoms with Crippen LogP contribution < -0.4 is 15.4 Å². The molecule has 1 aliphatic heterocycles. The van der Waals surface area contributed by atoms with E-state index in [0.29, 0.717) is 29.7 Å². The zero-order valence-electron chi connectivity index (χ0n) is 13.6. The SMILES string of the molecule is CC(C)COc1ccc(C(=O)NC(=S)NC[C@@H]2CCCO2)cc1. The van der Waals surface area contributed by atoms with Gasteiger partial charge in [0.05, 0.1) is 12.7 Å². The lowest BCUT2D eigenvalue weighted by Gasteiger charge is -2.13. The number of carbonyl (C=O) groups is 1. The van der Waals surface area contributed by atoms with Gasteiger partial charge >= 0.3 is 0 Å². The molecule has 6 heteroatoms. The largest absolute Gasteiger partial charge is 0.493 e. The predicted octanol–water partition coefficient (Wildman–Crippen LogP) is 2.50. The van der Waals surface area contributed by atoms with E-state index in [1.807, 2.05) is 0 Å². The minimum absolute atomic E-state index is 0.183. The lowest BCUT2D eigenvalue weighted by molar-refractivity contribution is 0.0973. The lowest BCUT2D eigenvalue weighted by Crippen LogP contribution is -2.42. The fourth-order valence-corrected chi connectivity index (χ4v) is 2.37. The van der Waals surface area contributed by atoms with Gasteiger partial charge in [0.15, 0.2) is 5.11 Å². The first-order valence-electron chi connectivity index (χ1n) is 7.98. The number of rotatable bonds is 6. The molecule has 5 nitrogen and oxygen atoms in total. The number of carbonyl (C=O) groups excluding carboxylic acids is 1. The maximum atomic E-state index is 12.1. The van der Waals surface area contributed by atoms with Crippen LogP contribution in [0.2, 0.25) is 0 Å². The Morgan fingerprint density at radius 1 is 1.39 bits per heavy atom. The zero-order valence-corrected chi connectivity index (χ0v) is 14.4. The summed E-state index contributed by atoms with van der Waals surface area (Å²) >= 11 is 5.14. The second-order valence-electron chi connectivity index (χ2n) is 6.03. The van der Waals surface area contributed by atoms with Crippen LogP contribution in [0, 0.1) is 5.92 Å². The summed E-state index contributed by atoms with van der Waals surface area (Å²) < 4.78 is 11.1. The van der Waals surface area contributed by atoms with Crippen LogP contribution in [0.4, 0.5) is 0 Å². The number of hydrogen-bond donors (Lipinski definition) is 2. The molecule has 1 saturated heterocycles. The van der Waals surface area contributed by atoms with E-state index in [2.05, 4.69) is 24.5 Å². The van der Waals surface area contributed by atoms with Crippen LogP contribution in [0.15, 0.2) is 24.3 Å². The Morgan fingerprint density at radius 2 is 2.13 bits per heavy atom. The molecule has 23 heavy (non-hydrogen) atoms. The molecule has 1 amide bonds. The van der Waals surface area contributed by atoms with Gasteiger partial charge in [-0.15, -0.1) is 0 Å². The first kappa shape index (κ1) is 17.7. The fraction of sp³-hybridized carbons (Fsp3) is 0.529. The Balaban J connectivity index is 1.76. The summed E-state index contributed by atoms with van der Waals surface area (Å²) in [5.74, 6) is 0.991. The lowest BCUT2D eigenvalue weighted by atomic mass is 10.2.